The van der Waals surface area contributed by atoms with E-state index >= 15 is 0 Å². The summed E-state index contributed by atoms with van der Waals surface area (Å²) in [5.41, 5.74) is 4.07. The van der Waals surface area contributed by atoms with Crippen LogP contribution in [0.3, 0.4) is 0 Å². The van der Waals surface area contributed by atoms with E-state index in [1.54, 1.807) is 17.3 Å². The van der Waals surface area contributed by atoms with E-state index in [4.69, 9.17) is 0 Å². The largest absolute Gasteiger partial charge is 0.356 e. The average Bonchev–Trinajstić information content (AvgIpc) is 3.21. The van der Waals surface area contributed by atoms with Crippen molar-refractivity contribution in [1.29, 1.82) is 0 Å². The van der Waals surface area contributed by atoms with E-state index in [9.17, 15) is 9.59 Å². The molecule has 2 aromatic heterocycles. The lowest BCUT2D eigenvalue weighted by Crippen LogP contribution is -2.44. The molecule has 0 aliphatic carbocycles. The zero-order valence-corrected chi connectivity index (χ0v) is 15.8. The summed E-state index contributed by atoms with van der Waals surface area (Å²) in [7, 11) is 0. The monoisotopic (exact) mass is 374 g/mol. The quantitative estimate of drug-likeness (QED) is 0.709. The van der Waals surface area contributed by atoms with Gasteiger partial charge < -0.3 is 4.98 Å². The van der Waals surface area contributed by atoms with Gasteiger partial charge in [0.25, 0.3) is 5.91 Å². The maximum absolute atomic E-state index is 13.3. The number of hydrogen-bond donors (Lipinski definition) is 1. The Kier molecular flexibility index (Phi) is 3.93. The van der Waals surface area contributed by atoms with Gasteiger partial charge >= 0.3 is 6.03 Å². The number of amides is 3. The number of nitrogens with one attached hydrogen (secondary N) is 1. The number of aromatic nitrogens is 2. The number of nitrogens with zero attached hydrogens (tertiary/aromatic N) is 3. The Morgan fingerprint density at radius 1 is 1.18 bits per heavy atom. The standard InChI is InChI=1S/C22H22N4O2/c1-2-3-11-25-21(27)18-12-16-15-8-4-5-9-17(15)24-19(16)20(26(18)22(25)28)14-7-6-10-23-13-14/h4-10,13,18,20,24H,2-3,11-12H2,1H3/t18-,20+/m1/s1. The number of urea groups is 1. The van der Waals surface area contributed by atoms with Crippen LogP contribution < -0.4 is 0 Å². The van der Waals surface area contributed by atoms with Crippen molar-refractivity contribution in [2.24, 2.45) is 0 Å². The zero-order chi connectivity index (χ0) is 19.3. The fraction of sp³-hybridized carbons (Fsp3) is 0.318. The lowest BCUT2D eigenvalue weighted by atomic mass is 9.89. The van der Waals surface area contributed by atoms with Crippen LogP contribution in [0, 0.1) is 0 Å². The van der Waals surface area contributed by atoms with Crippen LogP contribution in [0.4, 0.5) is 4.79 Å². The Morgan fingerprint density at radius 2 is 2.04 bits per heavy atom. The molecule has 1 aromatic carbocycles. The highest BCUT2D eigenvalue weighted by atomic mass is 16.2. The number of benzene rings is 1. The molecule has 0 saturated carbocycles. The molecule has 5 rings (SSSR count). The third-order valence-corrected chi connectivity index (χ3v) is 5.87. The summed E-state index contributed by atoms with van der Waals surface area (Å²) in [5, 5.41) is 1.12. The van der Waals surface area contributed by atoms with E-state index in [0.29, 0.717) is 13.0 Å². The number of pyridine rings is 1. The van der Waals surface area contributed by atoms with Gasteiger partial charge in [-0.1, -0.05) is 37.6 Å². The predicted molar refractivity (Wildman–Crippen MR) is 106 cm³/mol. The van der Waals surface area contributed by atoms with Gasteiger partial charge in [0.1, 0.15) is 12.1 Å². The molecule has 3 amide bonds. The number of aromatic amines is 1. The van der Waals surface area contributed by atoms with Crippen molar-refractivity contribution >= 4 is 22.8 Å². The van der Waals surface area contributed by atoms with Crippen molar-refractivity contribution in [3.63, 3.8) is 0 Å². The fourth-order valence-corrected chi connectivity index (χ4v) is 4.54. The molecule has 2 aliphatic rings. The molecule has 2 aliphatic heterocycles. The number of hydrogen-bond acceptors (Lipinski definition) is 3. The first kappa shape index (κ1) is 17.0. The maximum atomic E-state index is 13.3. The van der Waals surface area contributed by atoms with Gasteiger partial charge in [0, 0.05) is 42.0 Å². The molecule has 142 valence electrons. The number of carbonyl (C=O) groups is 2. The highest BCUT2D eigenvalue weighted by molar-refractivity contribution is 6.05. The lowest BCUT2D eigenvalue weighted by Gasteiger charge is -2.35. The molecule has 6 heteroatoms. The summed E-state index contributed by atoms with van der Waals surface area (Å²) < 4.78 is 0. The van der Waals surface area contributed by atoms with Crippen molar-refractivity contribution in [1.82, 2.24) is 19.8 Å². The first-order chi connectivity index (χ1) is 13.7. The van der Waals surface area contributed by atoms with Crippen LogP contribution in [0.1, 0.15) is 42.6 Å². The minimum absolute atomic E-state index is 0.0803. The third-order valence-electron chi connectivity index (χ3n) is 5.87. The van der Waals surface area contributed by atoms with Crippen molar-refractivity contribution < 1.29 is 9.59 Å². The summed E-state index contributed by atoms with van der Waals surface area (Å²) in [6, 6.07) is 11.0. The molecule has 0 unspecified atom stereocenters. The minimum Gasteiger partial charge on any atom is -0.356 e. The Labute approximate surface area is 163 Å². The maximum Gasteiger partial charge on any atom is 0.328 e. The minimum atomic E-state index is -0.457. The molecule has 1 N–H and O–H groups in total. The van der Waals surface area contributed by atoms with Gasteiger partial charge in [-0.15, -0.1) is 0 Å². The first-order valence-corrected chi connectivity index (χ1v) is 9.83. The lowest BCUT2D eigenvalue weighted by molar-refractivity contribution is -0.128. The molecule has 1 saturated heterocycles. The van der Waals surface area contributed by atoms with E-state index in [1.165, 1.54) is 4.90 Å². The second kappa shape index (κ2) is 6.48. The highest BCUT2D eigenvalue weighted by Gasteiger charge is 2.52. The first-order valence-electron chi connectivity index (χ1n) is 9.83. The van der Waals surface area contributed by atoms with Crippen molar-refractivity contribution in [3.8, 4) is 0 Å². The molecule has 0 radical (unpaired) electrons. The molecular weight excluding hydrogens is 352 g/mol. The van der Waals surface area contributed by atoms with Gasteiger partial charge in [-0.2, -0.15) is 0 Å². The summed E-state index contributed by atoms with van der Waals surface area (Å²) in [4.78, 5) is 37.4. The number of H-pyrrole nitrogens is 1. The molecule has 4 heterocycles. The van der Waals surface area contributed by atoms with E-state index < -0.39 is 6.04 Å². The normalized spacial score (nSPS) is 21.3. The van der Waals surface area contributed by atoms with Crippen LogP contribution in [0.5, 0.6) is 0 Å². The van der Waals surface area contributed by atoms with Gasteiger partial charge in [-0.25, -0.2) is 4.79 Å². The van der Waals surface area contributed by atoms with Crippen LogP contribution >= 0.6 is 0 Å². The second-order valence-corrected chi connectivity index (χ2v) is 7.50. The Bertz CT molecular complexity index is 1060. The van der Waals surface area contributed by atoms with Crippen LogP contribution in [0.25, 0.3) is 10.9 Å². The van der Waals surface area contributed by atoms with Crippen LogP contribution in [-0.2, 0) is 11.2 Å². The van der Waals surface area contributed by atoms with Crippen molar-refractivity contribution in [2.45, 2.75) is 38.3 Å². The Hall–Kier alpha value is -3.15. The molecule has 6 nitrogen and oxygen atoms in total. The van der Waals surface area contributed by atoms with Gasteiger partial charge in [0.2, 0.25) is 0 Å². The highest BCUT2D eigenvalue weighted by Crippen LogP contribution is 2.43. The zero-order valence-electron chi connectivity index (χ0n) is 15.8. The summed E-state index contributed by atoms with van der Waals surface area (Å²) >= 11 is 0. The predicted octanol–water partition coefficient (Wildman–Crippen LogP) is 3.64. The summed E-state index contributed by atoms with van der Waals surface area (Å²) in [6.45, 7) is 2.55. The molecular formula is C22H22N4O2. The molecule has 1 fully saturated rings. The van der Waals surface area contributed by atoms with Crippen LogP contribution in [-0.4, -0.2) is 44.3 Å². The van der Waals surface area contributed by atoms with Crippen LogP contribution in [0.15, 0.2) is 48.8 Å². The number of unbranched alkanes of at least 4 members (excludes halogenated alkanes) is 1. The Balaban J connectivity index is 1.68. The SMILES string of the molecule is CCCCN1C(=O)[C@H]2Cc3c([nH]c4ccccc34)[C@H](c3cccnc3)N2C1=O. The average molecular weight is 374 g/mol. The number of rotatable bonds is 4. The van der Waals surface area contributed by atoms with Crippen molar-refractivity contribution in [3.05, 3.63) is 65.6 Å². The summed E-state index contributed by atoms with van der Waals surface area (Å²) in [6.07, 6.45) is 5.82. The van der Waals surface area contributed by atoms with Gasteiger partial charge in [0.15, 0.2) is 0 Å². The van der Waals surface area contributed by atoms with E-state index in [0.717, 1.165) is 40.6 Å². The molecule has 2 atom stereocenters. The smallest absolute Gasteiger partial charge is 0.328 e. The molecule has 0 bridgehead atoms. The number of imide groups is 1. The van der Waals surface area contributed by atoms with Gasteiger partial charge in [0.05, 0.1) is 0 Å². The van der Waals surface area contributed by atoms with Gasteiger partial charge in [-0.3, -0.25) is 19.6 Å². The molecule has 3 aromatic rings. The third kappa shape index (κ3) is 2.37. The second-order valence-electron chi connectivity index (χ2n) is 7.50. The topological polar surface area (TPSA) is 69.3 Å². The van der Waals surface area contributed by atoms with Gasteiger partial charge in [-0.05, 0) is 29.7 Å². The molecule has 0 spiro atoms. The van der Waals surface area contributed by atoms with E-state index in [2.05, 4.69) is 23.0 Å². The van der Waals surface area contributed by atoms with Crippen molar-refractivity contribution in [2.75, 3.05) is 6.54 Å². The number of carbonyl (C=O) groups excluding carboxylic acids is 2. The fourth-order valence-electron chi connectivity index (χ4n) is 4.54. The summed E-state index contributed by atoms with van der Waals surface area (Å²) in [5.74, 6) is -0.0803. The number of fused-ring (bicyclic) bond motifs is 4. The van der Waals surface area contributed by atoms with E-state index in [1.807, 2.05) is 30.3 Å². The van der Waals surface area contributed by atoms with Crippen LogP contribution in [0.2, 0.25) is 0 Å². The van der Waals surface area contributed by atoms with E-state index in [-0.39, 0.29) is 18.0 Å². The number of para-hydroxylation sites is 1. The molecule has 28 heavy (non-hydrogen) atoms. The Morgan fingerprint density at radius 3 is 2.82 bits per heavy atom.